The SMILES string of the molecule is CNCC1CCC(CN(C)c2ccccc2F)O1. The van der Waals surface area contributed by atoms with Gasteiger partial charge in [-0.2, -0.15) is 0 Å². The van der Waals surface area contributed by atoms with Gasteiger partial charge in [0.15, 0.2) is 0 Å². The van der Waals surface area contributed by atoms with Crippen molar-refractivity contribution in [1.82, 2.24) is 5.32 Å². The van der Waals surface area contributed by atoms with Crippen LogP contribution in [0.1, 0.15) is 12.8 Å². The van der Waals surface area contributed by atoms with Crippen LogP contribution in [0, 0.1) is 5.82 Å². The van der Waals surface area contributed by atoms with Crippen molar-refractivity contribution in [2.45, 2.75) is 25.0 Å². The van der Waals surface area contributed by atoms with Crippen molar-refractivity contribution >= 4 is 5.69 Å². The molecule has 0 aliphatic carbocycles. The second kappa shape index (κ2) is 6.16. The van der Waals surface area contributed by atoms with Crippen LogP contribution in [0.3, 0.4) is 0 Å². The largest absolute Gasteiger partial charge is 0.372 e. The number of rotatable bonds is 5. The predicted molar refractivity (Wildman–Crippen MR) is 71.5 cm³/mol. The van der Waals surface area contributed by atoms with Gasteiger partial charge in [0.25, 0.3) is 0 Å². The van der Waals surface area contributed by atoms with Crippen molar-refractivity contribution in [3.05, 3.63) is 30.1 Å². The van der Waals surface area contributed by atoms with Gasteiger partial charge in [-0.3, -0.25) is 0 Å². The lowest BCUT2D eigenvalue weighted by Gasteiger charge is -2.23. The molecule has 0 radical (unpaired) electrons. The summed E-state index contributed by atoms with van der Waals surface area (Å²) in [6, 6.07) is 6.86. The maximum atomic E-state index is 13.6. The van der Waals surface area contributed by atoms with Gasteiger partial charge in [-0.05, 0) is 32.0 Å². The molecule has 1 N–H and O–H groups in total. The van der Waals surface area contributed by atoms with Gasteiger partial charge in [0.05, 0.1) is 17.9 Å². The van der Waals surface area contributed by atoms with Crippen LogP contribution >= 0.6 is 0 Å². The number of nitrogens with zero attached hydrogens (tertiary/aromatic N) is 1. The molecule has 2 unspecified atom stereocenters. The fourth-order valence-electron chi connectivity index (χ4n) is 2.46. The average Bonchev–Trinajstić information content (AvgIpc) is 2.77. The van der Waals surface area contributed by atoms with E-state index in [0.717, 1.165) is 25.9 Å². The summed E-state index contributed by atoms with van der Waals surface area (Å²) in [5.74, 6) is -0.176. The van der Waals surface area contributed by atoms with Gasteiger partial charge in [-0.25, -0.2) is 4.39 Å². The van der Waals surface area contributed by atoms with Gasteiger partial charge in [0, 0.05) is 20.1 Å². The van der Waals surface area contributed by atoms with Crippen molar-refractivity contribution in [1.29, 1.82) is 0 Å². The van der Waals surface area contributed by atoms with E-state index in [0.29, 0.717) is 11.8 Å². The van der Waals surface area contributed by atoms with Crippen molar-refractivity contribution in [3.63, 3.8) is 0 Å². The number of hydrogen-bond donors (Lipinski definition) is 1. The van der Waals surface area contributed by atoms with Crippen LogP contribution in [0.5, 0.6) is 0 Å². The first-order valence-electron chi connectivity index (χ1n) is 6.46. The first-order valence-corrected chi connectivity index (χ1v) is 6.46. The number of halogens is 1. The molecule has 2 rings (SSSR count). The molecule has 0 amide bonds. The highest BCUT2D eigenvalue weighted by Crippen LogP contribution is 2.23. The van der Waals surface area contributed by atoms with Gasteiger partial charge in [-0.1, -0.05) is 12.1 Å². The molecule has 2 atom stereocenters. The summed E-state index contributed by atoms with van der Waals surface area (Å²) in [7, 11) is 3.84. The molecular weight excluding hydrogens is 231 g/mol. The summed E-state index contributed by atoms with van der Waals surface area (Å²) >= 11 is 0. The molecule has 1 fully saturated rings. The maximum absolute atomic E-state index is 13.6. The Kier molecular flexibility index (Phi) is 4.55. The molecule has 1 aliphatic heterocycles. The Morgan fingerprint density at radius 2 is 2.06 bits per heavy atom. The summed E-state index contributed by atoms with van der Waals surface area (Å²) in [6.07, 6.45) is 2.63. The minimum Gasteiger partial charge on any atom is -0.372 e. The summed E-state index contributed by atoms with van der Waals surface area (Å²) in [5, 5.41) is 3.13. The fraction of sp³-hybridized carbons (Fsp3) is 0.571. The van der Waals surface area contributed by atoms with Crippen LogP contribution in [0.2, 0.25) is 0 Å². The number of hydrogen-bond acceptors (Lipinski definition) is 3. The quantitative estimate of drug-likeness (QED) is 0.868. The Morgan fingerprint density at radius 1 is 1.33 bits per heavy atom. The summed E-state index contributed by atoms with van der Waals surface area (Å²) in [5.41, 5.74) is 0.637. The molecule has 0 spiro atoms. The topological polar surface area (TPSA) is 24.5 Å². The van der Waals surface area contributed by atoms with Gasteiger partial charge in [0.2, 0.25) is 0 Å². The standard InChI is InChI=1S/C14H21FN2O/c1-16-9-11-7-8-12(18-11)10-17(2)14-6-4-3-5-13(14)15/h3-6,11-12,16H,7-10H2,1-2H3. The van der Waals surface area contributed by atoms with E-state index in [9.17, 15) is 4.39 Å². The molecule has 18 heavy (non-hydrogen) atoms. The normalized spacial score (nSPS) is 23.3. The van der Waals surface area contributed by atoms with E-state index in [2.05, 4.69) is 5.32 Å². The minimum absolute atomic E-state index is 0.176. The fourth-order valence-corrected chi connectivity index (χ4v) is 2.46. The van der Waals surface area contributed by atoms with Gasteiger partial charge < -0.3 is 15.0 Å². The van der Waals surface area contributed by atoms with Crippen LogP contribution in [-0.4, -0.2) is 39.4 Å². The van der Waals surface area contributed by atoms with Gasteiger partial charge >= 0.3 is 0 Å². The molecule has 1 saturated heterocycles. The zero-order valence-electron chi connectivity index (χ0n) is 11.0. The van der Waals surface area contributed by atoms with E-state index in [4.69, 9.17) is 4.74 Å². The molecule has 4 heteroatoms. The van der Waals surface area contributed by atoms with E-state index in [1.807, 2.05) is 25.1 Å². The van der Waals surface area contributed by atoms with E-state index in [1.165, 1.54) is 6.07 Å². The maximum Gasteiger partial charge on any atom is 0.146 e. The Morgan fingerprint density at radius 3 is 2.78 bits per heavy atom. The van der Waals surface area contributed by atoms with E-state index < -0.39 is 0 Å². The number of nitrogens with one attached hydrogen (secondary N) is 1. The molecule has 1 aromatic rings. The van der Waals surface area contributed by atoms with Crippen molar-refractivity contribution in [2.24, 2.45) is 0 Å². The highest BCUT2D eigenvalue weighted by Gasteiger charge is 2.26. The molecule has 1 aromatic carbocycles. The Balaban J connectivity index is 1.89. The zero-order valence-corrected chi connectivity index (χ0v) is 11.0. The summed E-state index contributed by atoms with van der Waals surface area (Å²) in [4.78, 5) is 1.93. The lowest BCUT2D eigenvalue weighted by molar-refractivity contribution is 0.0510. The van der Waals surface area contributed by atoms with E-state index in [1.54, 1.807) is 12.1 Å². The number of anilines is 1. The highest BCUT2D eigenvalue weighted by atomic mass is 19.1. The first kappa shape index (κ1) is 13.3. The van der Waals surface area contributed by atoms with E-state index in [-0.39, 0.29) is 11.9 Å². The second-order valence-electron chi connectivity index (χ2n) is 4.85. The van der Waals surface area contributed by atoms with Gasteiger partial charge in [-0.15, -0.1) is 0 Å². The molecule has 3 nitrogen and oxygen atoms in total. The monoisotopic (exact) mass is 252 g/mol. The number of benzene rings is 1. The van der Waals surface area contributed by atoms with Crippen molar-refractivity contribution in [3.8, 4) is 0 Å². The predicted octanol–water partition coefficient (Wildman–Crippen LogP) is 2.03. The van der Waals surface area contributed by atoms with Crippen LogP contribution in [0.4, 0.5) is 10.1 Å². The average molecular weight is 252 g/mol. The molecule has 100 valence electrons. The Bertz CT molecular complexity index is 386. The van der Waals surface area contributed by atoms with E-state index >= 15 is 0 Å². The van der Waals surface area contributed by atoms with Gasteiger partial charge in [0.1, 0.15) is 5.82 Å². The summed E-state index contributed by atoms with van der Waals surface area (Å²) < 4.78 is 19.5. The van der Waals surface area contributed by atoms with Crippen molar-refractivity contribution in [2.75, 3.05) is 32.1 Å². The third-order valence-electron chi connectivity index (χ3n) is 3.37. The lowest BCUT2D eigenvalue weighted by atomic mass is 10.2. The van der Waals surface area contributed by atoms with Crippen LogP contribution in [-0.2, 0) is 4.74 Å². The molecule has 1 aliphatic rings. The van der Waals surface area contributed by atoms with Crippen LogP contribution in [0.25, 0.3) is 0 Å². The smallest absolute Gasteiger partial charge is 0.146 e. The molecule has 0 aromatic heterocycles. The third kappa shape index (κ3) is 3.21. The molecule has 0 saturated carbocycles. The van der Waals surface area contributed by atoms with Crippen LogP contribution in [0.15, 0.2) is 24.3 Å². The summed E-state index contributed by atoms with van der Waals surface area (Å²) in [6.45, 7) is 1.63. The Hall–Kier alpha value is -1.13. The number of likely N-dealkylation sites (N-methyl/N-ethyl adjacent to an activating group) is 2. The van der Waals surface area contributed by atoms with Crippen molar-refractivity contribution < 1.29 is 9.13 Å². The zero-order chi connectivity index (χ0) is 13.0. The van der Waals surface area contributed by atoms with Crippen LogP contribution < -0.4 is 10.2 Å². The minimum atomic E-state index is -0.176. The second-order valence-corrected chi connectivity index (χ2v) is 4.85. The molecule has 0 bridgehead atoms. The molecular formula is C14H21FN2O. The Labute approximate surface area is 108 Å². The number of para-hydroxylation sites is 1. The first-order chi connectivity index (χ1) is 8.70. The number of ether oxygens (including phenoxy) is 1. The highest BCUT2D eigenvalue weighted by molar-refractivity contribution is 5.46. The third-order valence-corrected chi connectivity index (χ3v) is 3.37. The lowest BCUT2D eigenvalue weighted by Crippen LogP contribution is -2.31. The molecule has 1 heterocycles.